The van der Waals surface area contributed by atoms with Gasteiger partial charge >= 0.3 is 0 Å². The van der Waals surface area contributed by atoms with Crippen molar-refractivity contribution in [2.75, 3.05) is 25.0 Å². The number of amides is 1. The van der Waals surface area contributed by atoms with E-state index in [0.717, 1.165) is 4.47 Å². The van der Waals surface area contributed by atoms with E-state index in [0.29, 0.717) is 31.1 Å². The number of benzene rings is 2. The molecule has 2 aromatic carbocycles. The minimum Gasteiger partial charge on any atom is -0.492 e. The van der Waals surface area contributed by atoms with Crippen molar-refractivity contribution in [3.05, 3.63) is 46.9 Å². The van der Waals surface area contributed by atoms with E-state index in [1.54, 1.807) is 52.0 Å². The van der Waals surface area contributed by atoms with Gasteiger partial charge in [0.2, 0.25) is 10.0 Å². The molecule has 0 saturated heterocycles. The van der Waals surface area contributed by atoms with Gasteiger partial charge in [-0.15, -0.1) is 0 Å². The Kier molecular flexibility index (Phi) is 8.69. The number of sulfonamides is 1. The van der Waals surface area contributed by atoms with Crippen molar-refractivity contribution in [2.45, 2.75) is 38.7 Å². The molecule has 1 amide bonds. The Morgan fingerprint density at radius 1 is 1.10 bits per heavy atom. The molecule has 0 fully saturated rings. The first-order valence-electron chi connectivity index (χ1n) is 9.72. The number of hydrogen-bond donors (Lipinski definition) is 1. The SMILES string of the molecule is CCOc1ccc(NC(=O)C(C)Oc2ccc(Br)cc2)cc1S(=O)(=O)N(CC)CC. The number of rotatable bonds is 10. The second kappa shape index (κ2) is 10.8. The van der Waals surface area contributed by atoms with Crippen LogP contribution in [0.3, 0.4) is 0 Å². The lowest BCUT2D eigenvalue weighted by Crippen LogP contribution is -2.32. The first kappa shape index (κ1) is 24.2. The molecule has 30 heavy (non-hydrogen) atoms. The first-order chi connectivity index (χ1) is 14.2. The zero-order valence-corrected chi connectivity index (χ0v) is 19.9. The monoisotopic (exact) mass is 498 g/mol. The van der Waals surface area contributed by atoms with E-state index in [4.69, 9.17) is 9.47 Å². The van der Waals surface area contributed by atoms with Crippen LogP contribution in [0.4, 0.5) is 5.69 Å². The summed E-state index contributed by atoms with van der Waals surface area (Å²) in [6.07, 6.45) is -0.777. The van der Waals surface area contributed by atoms with Gasteiger partial charge in [-0.1, -0.05) is 29.8 Å². The second-order valence-corrected chi connectivity index (χ2v) is 9.21. The molecule has 0 heterocycles. The molecule has 0 radical (unpaired) electrons. The van der Waals surface area contributed by atoms with Crippen LogP contribution in [-0.2, 0) is 14.8 Å². The summed E-state index contributed by atoms with van der Waals surface area (Å²) in [5.74, 6) is 0.409. The Hall–Kier alpha value is -2.10. The number of nitrogens with zero attached hydrogens (tertiary/aromatic N) is 1. The minimum atomic E-state index is -3.76. The van der Waals surface area contributed by atoms with Crippen LogP contribution in [-0.4, -0.2) is 44.4 Å². The summed E-state index contributed by atoms with van der Waals surface area (Å²) < 4.78 is 39.5. The van der Waals surface area contributed by atoms with Crippen LogP contribution in [0.2, 0.25) is 0 Å². The van der Waals surface area contributed by atoms with Crippen LogP contribution in [0.5, 0.6) is 11.5 Å². The van der Waals surface area contributed by atoms with Crippen LogP contribution in [0.15, 0.2) is 51.8 Å². The van der Waals surface area contributed by atoms with Gasteiger partial charge in [-0.3, -0.25) is 4.79 Å². The zero-order valence-electron chi connectivity index (χ0n) is 17.5. The third-order valence-corrected chi connectivity index (χ3v) is 6.93. The third-order valence-electron chi connectivity index (χ3n) is 4.33. The fraction of sp³-hybridized carbons (Fsp3) is 0.381. The van der Waals surface area contributed by atoms with E-state index in [2.05, 4.69) is 21.2 Å². The van der Waals surface area contributed by atoms with Gasteiger partial charge < -0.3 is 14.8 Å². The predicted molar refractivity (Wildman–Crippen MR) is 121 cm³/mol. The highest BCUT2D eigenvalue weighted by molar-refractivity contribution is 9.10. The van der Waals surface area contributed by atoms with Gasteiger partial charge in [0, 0.05) is 23.2 Å². The molecule has 0 saturated carbocycles. The van der Waals surface area contributed by atoms with Gasteiger partial charge in [-0.2, -0.15) is 4.31 Å². The lowest BCUT2D eigenvalue weighted by atomic mass is 10.2. The zero-order chi connectivity index (χ0) is 22.3. The number of carbonyl (C=O) groups is 1. The van der Waals surface area contributed by atoms with E-state index >= 15 is 0 Å². The van der Waals surface area contributed by atoms with Gasteiger partial charge in [-0.05, 0) is 56.3 Å². The van der Waals surface area contributed by atoms with E-state index in [1.807, 2.05) is 12.1 Å². The van der Waals surface area contributed by atoms with Crippen molar-refractivity contribution >= 4 is 37.5 Å². The fourth-order valence-electron chi connectivity index (χ4n) is 2.78. The number of hydrogen-bond acceptors (Lipinski definition) is 5. The Morgan fingerprint density at radius 2 is 1.73 bits per heavy atom. The van der Waals surface area contributed by atoms with Crippen molar-refractivity contribution < 1.29 is 22.7 Å². The maximum Gasteiger partial charge on any atom is 0.265 e. The normalized spacial score (nSPS) is 12.5. The van der Waals surface area contributed by atoms with Gasteiger partial charge in [-0.25, -0.2) is 8.42 Å². The van der Waals surface area contributed by atoms with E-state index in [-0.39, 0.29) is 10.6 Å². The molecule has 2 aromatic rings. The van der Waals surface area contributed by atoms with E-state index in [9.17, 15) is 13.2 Å². The van der Waals surface area contributed by atoms with Gasteiger partial charge in [0.25, 0.3) is 5.91 Å². The van der Waals surface area contributed by atoms with Crippen LogP contribution in [0.1, 0.15) is 27.7 Å². The number of ether oxygens (including phenoxy) is 2. The van der Waals surface area contributed by atoms with Crippen molar-refractivity contribution in [3.8, 4) is 11.5 Å². The molecular weight excluding hydrogens is 472 g/mol. The summed E-state index contributed by atoms with van der Waals surface area (Å²) >= 11 is 3.35. The molecule has 0 aliphatic rings. The summed E-state index contributed by atoms with van der Waals surface area (Å²) in [6, 6.07) is 11.7. The van der Waals surface area contributed by atoms with E-state index < -0.39 is 22.0 Å². The molecular formula is C21H27BrN2O5S. The summed E-state index contributed by atoms with van der Waals surface area (Å²) in [5.41, 5.74) is 0.348. The average molecular weight is 499 g/mol. The summed E-state index contributed by atoms with van der Waals surface area (Å²) in [4.78, 5) is 12.6. The van der Waals surface area contributed by atoms with Crippen LogP contribution < -0.4 is 14.8 Å². The Labute approximate surface area is 186 Å². The Morgan fingerprint density at radius 3 is 2.30 bits per heavy atom. The minimum absolute atomic E-state index is 0.0207. The van der Waals surface area contributed by atoms with Gasteiger partial charge in [0.1, 0.15) is 16.4 Å². The maximum atomic E-state index is 13.0. The molecule has 1 unspecified atom stereocenters. The molecule has 1 N–H and O–H groups in total. The van der Waals surface area contributed by atoms with Crippen molar-refractivity contribution in [2.24, 2.45) is 0 Å². The highest BCUT2D eigenvalue weighted by Crippen LogP contribution is 2.30. The number of nitrogens with one attached hydrogen (secondary N) is 1. The second-order valence-electron chi connectivity index (χ2n) is 6.39. The molecule has 164 valence electrons. The lowest BCUT2D eigenvalue weighted by Gasteiger charge is -2.21. The van der Waals surface area contributed by atoms with Crippen molar-refractivity contribution in [3.63, 3.8) is 0 Å². The maximum absolute atomic E-state index is 13.0. The molecule has 2 rings (SSSR count). The van der Waals surface area contributed by atoms with Crippen LogP contribution in [0.25, 0.3) is 0 Å². The average Bonchev–Trinajstić information content (AvgIpc) is 2.71. The smallest absolute Gasteiger partial charge is 0.265 e. The lowest BCUT2D eigenvalue weighted by molar-refractivity contribution is -0.122. The molecule has 0 bridgehead atoms. The summed E-state index contributed by atoms with van der Waals surface area (Å²) in [6.45, 7) is 7.94. The highest BCUT2D eigenvalue weighted by Gasteiger charge is 2.26. The summed E-state index contributed by atoms with van der Waals surface area (Å²) in [7, 11) is -3.76. The molecule has 0 aliphatic carbocycles. The first-order valence-corrected chi connectivity index (χ1v) is 12.0. The standard InChI is InChI=1S/C21H27BrN2O5S/c1-5-24(6-2)30(26,27)20-14-17(10-13-19(20)28-7-3)23-21(25)15(4)29-18-11-8-16(22)9-12-18/h8-15H,5-7H2,1-4H3,(H,23,25). The fourth-order valence-corrected chi connectivity index (χ4v) is 4.66. The third kappa shape index (κ3) is 5.96. The number of halogens is 1. The van der Waals surface area contributed by atoms with Crippen molar-refractivity contribution in [1.29, 1.82) is 0 Å². The van der Waals surface area contributed by atoms with Crippen LogP contribution >= 0.6 is 15.9 Å². The molecule has 1 atom stereocenters. The largest absolute Gasteiger partial charge is 0.492 e. The molecule has 0 aliphatic heterocycles. The van der Waals surface area contributed by atoms with Gasteiger partial charge in [0.05, 0.1) is 6.61 Å². The topological polar surface area (TPSA) is 84.9 Å². The van der Waals surface area contributed by atoms with Crippen molar-refractivity contribution in [1.82, 2.24) is 4.31 Å². The van der Waals surface area contributed by atoms with Crippen LogP contribution in [0, 0.1) is 0 Å². The molecule has 7 nitrogen and oxygen atoms in total. The predicted octanol–water partition coefficient (Wildman–Crippen LogP) is 4.28. The molecule has 0 spiro atoms. The quantitative estimate of drug-likeness (QED) is 0.528. The summed E-state index contributed by atoms with van der Waals surface area (Å²) in [5, 5.41) is 2.72. The van der Waals surface area contributed by atoms with E-state index in [1.165, 1.54) is 10.4 Å². The number of carbonyl (C=O) groups excluding carboxylic acids is 1. The molecule has 0 aromatic heterocycles. The Balaban J connectivity index is 2.25. The highest BCUT2D eigenvalue weighted by atomic mass is 79.9. The molecule has 9 heteroatoms. The number of anilines is 1. The Bertz CT molecular complexity index is 960. The van der Waals surface area contributed by atoms with Gasteiger partial charge in [0.15, 0.2) is 6.10 Å².